The van der Waals surface area contributed by atoms with Gasteiger partial charge in [-0.15, -0.1) is 0 Å². The lowest BCUT2D eigenvalue weighted by atomic mass is 9.93. The van der Waals surface area contributed by atoms with Crippen molar-refractivity contribution in [3.8, 4) is 0 Å². The molecule has 2 aliphatic rings. The lowest BCUT2D eigenvalue weighted by Gasteiger charge is -2.26. The number of hydrogen-bond acceptors (Lipinski definition) is 5. The molecule has 2 aliphatic heterocycles. The number of nitrogens with one attached hydrogen (secondary N) is 3. The number of benzene rings is 3. The first-order valence-electron chi connectivity index (χ1n) is 11.9. The minimum atomic E-state index is -0.00494. The first-order valence-corrected chi connectivity index (χ1v) is 11.9. The fourth-order valence-electron chi connectivity index (χ4n) is 4.83. The van der Waals surface area contributed by atoms with Crippen LogP contribution in [-0.2, 0) is 4.74 Å². The number of fused-ring (bicyclic) bond motifs is 1. The summed E-state index contributed by atoms with van der Waals surface area (Å²) in [6, 6.07) is 23.5. The number of rotatable bonds is 7. The third kappa shape index (κ3) is 5.25. The fourth-order valence-corrected chi connectivity index (χ4v) is 4.83. The molecule has 2 saturated heterocycles. The van der Waals surface area contributed by atoms with Gasteiger partial charge in [-0.05, 0) is 53.4 Å². The molecule has 2 fully saturated rings. The van der Waals surface area contributed by atoms with Crippen molar-refractivity contribution < 1.29 is 9.53 Å². The SMILES string of the molecule is O=C(NCCCN1CCOCC1)c1ccc(C2CC(c3cccc4ccccc34)NN2)cc1. The van der Waals surface area contributed by atoms with Crippen LogP contribution in [0.4, 0.5) is 0 Å². The van der Waals surface area contributed by atoms with E-state index < -0.39 is 0 Å². The lowest BCUT2D eigenvalue weighted by Crippen LogP contribution is -2.38. The summed E-state index contributed by atoms with van der Waals surface area (Å²) < 4.78 is 5.37. The molecular weight excluding hydrogens is 412 g/mol. The first kappa shape index (κ1) is 22.0. The van der Waals surface area contributed by atoms with Crippen molar-refractivity contribution in [2.75, 3.05) is 39.4 Å². The zero-order chi connectivity index (χ0) is 22.5. The molecule has 0 spiro atoms. The second-order valence-electron chi connectivity index (χ2n) is 8.88. The van der Waals surface area contributed by atoms with Crippen LogP contribution in [0.3, 0.4) is 0 Å². The number of amides is 1. The van der Waals surface area contributed by atoms with Crippen LogP contribution in [-0.4, -0.2) is 50.2 Å². The molecule has 3 aromatic rings. The van der Waals surface area contributed by atoms with Crippen molar-refractivity contribution in [1.82, 2.24) is 21.1 Å². The average molecular weight is 445 g/mol. The highest BCUT2D eigenvalue weighted by Gasteiger charge is 2.27. The van der Waals surface area contributed by atoms with E-state index in [0.29, 0.717) is 12.1 Å². The maximum atomic E-state index is 12.5. The monoisotopic (exact) mass is 444 g/mol. The Hall–Kier alpha value is -2.77. The summed E-state index contributed by atoms with van der Waals surface area (Å²) in [6.45, 7) is 5.29. The van der Waals surface area contributed by atoms with E-state index in [1.807, 2.05) is 12.1 Å². The minimum absolute atomic E-state index is 0.00494. The Balaban J connectivity index is 1.14. The van der Waals surface area contributed by atoms with Crippen LogP contribution in [0.5, 0.6) is 0 Å². The smallest absolute Gasteiger partial charge is 0.251 e. The summed E-state index contributed by atoms with van der Waals surface area (Å²) in [5, 5.41) is 5.60. The van der Waals surface area contributed by atoms with Gasteiger partial charge in [0.1, 0.15) is 0 Å². The highest BCUT2D eigenvalue weighted by molar-refractivity contribution is 5.94. The average Bonchev–Trinajstić information content (AvgIpc) is 3.37. The highest BCUT2D eigenvalue weighted by Crippen LogP contribution is 2.34. The Morgan fingerprint density at radius 2 is 1.70 bits per heavy atom. The van der Waals surface area contributed by atoms with Gasteiger partial charge in [-0.25, -0.2) is 10.9 Å². The van der Waals surface area contributed by atoms with Crippen molar-refractivity contribution in [3.63, 3.8) is 0 Å². The van der Waals surface area contributed by atoms with E-state index in [1.165, 1.54) is 21.9 Å². The molecule has 0 saturated carbocycles. The number of morpholine rings is 1. The lowest BCUT2D eigenvalue weighted by molar-refractivity contribution is 0.0374. The Morgan fingerprint density at radius 3 is 2.55 bits per heavy atom. The van der Waals surface area contributed by atoms with Gasteiger partial charge in [-0.3, -0.25) is 9.69 Å². The normalized spacial score (nSPS) is 21.3. The molecular formula is C27H32N4O2. The van der Waals surface area contributed by atoms with Gasteiger partial charge in [0.15, 0.2) is 0 Å². The topological polar surface area (TPSA) is 65.6 Å². The van der Waals surface area contributed by atoms with E-state index in [2.05, 4.69) is 75.7 Å². The minimum Gasteiger partial charge on any atom is -0.379 e. The molecule has 0 radical (unpaired) electrons. The fraction of sp³-hybridized carbons (Fsp3) is 0.370. The molecule has 172 valence electrons. The van der Waals surface area contributed by atoms with E-state index in [4.69, 9.17) is 4.74 Å². The molecule has 3 N–H and O–H groups in total. The predicted octanol–water partition coefficient (Wildman–Crippen LogP) is 3.57. The highest BCUT2D eigenvalue weighted by atomic mass is 16.5. The van der Waals surface area contributed by atoms with E-state index in [9.17, 15) is 4.79 Å². The van der Waals surface area contributed by atoms with Crippen LogP contribution >= 0.6 is 0 Å². The Bertz CT molecular complexity index is 1070. The van der Waals surface area contributed by atoms with Crippen LogP contribution in [0, 0.1) is 0 Å². The van der Waals surface area contributed by atoms with Crippen molar-refractivity contribution in [2.45, 2.75) is 24.9 Å². The molecule has 0 aliphatic carbocycles. The zero-order valence-corrected chi connectivity index (χ0v) is 18.9. The quantitative estimate of drug-likeness (QED) is 0.486. The number of carbonyl (C=O) groups is 1. The van der Waals surface area contributed by atoms with Crippen molar-refractivity contribution in [3.05, 3.63) is 83.4 Å². The molecule has 2 unspecified atom stereocenters. The van der Waals surface area contributed by atoms with Crippen molar-refractivity contribution in [2.24, 2.45) is 0 Å². The summed E-state index contributed by atoms with van der Waals surface area (Å²) >= 11 is 0. The van der Waals surface area contributed by atoms with Crippen LogP contribution in [0.15, 0.2) is 66.7 Å². The number of hydrazine groups is 1. The largest absolute Gasteiger partial charge is 0.379 e. The number of carbonyl (C=O) groups excluding carboxylic acids is 1. The molecule has 2 atom stereocenters. The van der Waals surface area contributed by atoms with Crippen LogP contribution in [0.2, 0.25) is 0 Å². The van der Waals surface area contributed by atoms with Gasteiger partial charge >= 0.3 is 0 Å². The Kier molecular flexibility index (Phi) is 6.98. The summed E-state index contributed by atoms with van der Waals surface area (Å²) in [5.41, 5.74) is 10.1. The third-order valence-electron chi connectivity index (χ3n) is 6.72. The zero-order valence-electron chi connectivity index (χ0n) is 18.9. The maximum Gasteiger partial charge on any atom is 0.251 e. The van der Waals surface area contributed by atoms with E-state index in [1.54, 1.807) is 0 Å². The first-order chi connectivity index (χ1) is 16.3. The van der Waals surface area contributed by atoms with Crippen molar-refractivity contribution in [1.29, 1.82) is 0 Å². The second-order valence-corrected chi connectivity index (χ2v) is 8.88. The molecule has 0 aromatic heterocycles. The Labute approximate surface area is 195 Å². The maximum absolute atomic E-state index is 12.5. The molecule has 33 heavy (non-hydrogen) atoms. The van der Waals surface area contributed by atoms with Gasteiger partial charge in [0.05, 0.1) is 13.2 Å². The molecule has 1 amide bonds. The van der Waals surface area contributed by atoms with Gasteiger partial charge in [-0.2, -0.15) is 0 Å². The molecule has 3 aromatic carbocycles. The number of nitrogens with zero attached hydrogens (tertiary/aromatic N) is 1. The van der Waals surface area contributed by atoms with Gasteiger partial charge in [0, 0.05) is 37.3 Å². The summed E-state index contributed by atoms with van der Waals surface area (Å²) in [7, 11) is 0. The van der Waals surface area contributed by atoms with Crippen LogP contribution in [0.25, 0.3) is 10.8 Å². The van der Waals surface area contributed by atoms with Crippen LogP contribution in [0.1, 0.15) is 46.4 Å². The van der Waals surface area contributed by atoms with E-state index in [-0.39, 0.29) is 18.0 Å². The molecule has 5 rings (SSSR count). The number of hydrogen-bond donors (Lipinski definition) is 3. The molecule has 2 heterocycles. The van der Waals surface area contributed by atoms with Crippen molar-refractivity contribution >= 4 is 16.7 Å². The van der Waals surface area contributed by atoms with Crippen LogP contribution < -0.4 is 16.2 Å². The summed E-state index contributed by atoms with van der Waals surface area (Å²) in [6.07, 6.45) is 1.91. The van der Waals surface area contributed by atoms with Gasteiger partial charge in [0.25, 0.3) is 5.91 Å². The van der Waals surface area contributed by atoms with Gasteiger partial charge in [0.2, 0.25) is 0 Å². The third-order valence-corrected chi connectivity index (χ3v) is 6.72. The standard InChI is InChI=1S/C27H32N4O2/c32-27(28-13-4-14-31-15-17-33-18-16-31)22-11-9-21(10-12-22)25-19-26(30-29-25)24-8-3-6-20-5-1-2-7-23(20)24/h1-3,5-12,25-26,29-30H,4,13-19H2,(H,28,32). The number of ether oxygens (including phenoxy) is 1. The predicted molar refractivity (Wildman–Crippen MR) is 131 cm³/mol. The second kappa shape index (κ2) is 10.4. The Morgan fingerprint density at radius 1 is 0.939 bits per heavy atom. The summed E-state index contributed by atoms with van der Waals surface area (Å²) in [4.78, 5) is 14.9. The summed E-state index contributed by atoms with van der Waals surface area (Å²) in [5.74, 6) is -0.00494. The van der Waals surface area contributed by atoms with Gasteiger partial charge in [-0.1, -0.05) is 54.6 Å². The molecule has 0 bridgehead atoms. The molecule has 6 nitrogen and oxygen atoms in total. The van der Waals surface area contributed by atoms with E-state index >= 15 is 0 Å². The molecule has 6 heteroatoms. The van der Waals surface area contributed by atoms with Gasteiger partial charge < -0.3 is 10.1 Å². The van der Waals surface area contributed by atoms with E-state index in [0.717, 1.165) is 45.7 Å².